The van der Waals surface area contributed by atoms with Crippen LogP contribution >= 0.6 is 11.8 Å². The van der Waals surface area contributed by atoms with Crippen molar-refractivity contribution in [3.63, 3.8) is 0 Å². The molecule has 0 fully saturated rings. The Bertz CT molecular complexity index is 490. The van der Waals surface area contributed by atoms with E-state index in [1.54, 1.807) is 11.8 Å². The van der Waals surface area contributed by atoms with Crippen molar-refractivity contribution >= 4 is 28.5 Å². The number of fused-ring (bicyclic) bond motifs is 1. The van der Waals surface area contributed by atoms with Gasteiger partial charge >= 0.3 is 0 Å². The Morgan fingerprint density at radius 1 is 1.41 bits per heavy atom. The minimum absolute atomic E-state index is 0.775. The summed E-state index contributed by atoms with van der Waals surface area (Å²) in [5.74, 6) is 1.90. The van der Waals surface area contributed by atoms with Crippen molar-refractivity contribution in [1.29, 1.82) is 0 Å². The summed E-state index contributed by atoms with van der Waals surface area (Å²) in [6, 6.07) is 5.77. The first kappa shape index (κ1) is 12.3. The van der Waals surface area contributed by atoms with E-state index in [9.17, 15) is 0 Å². The molecule has 2 aromatic rings. The Kier molecular flexibility index (Phi) is 3.94. The summed E-state index contributed by atoms with van der Waals surface area (Å²) in [6.07, 6.45) is 2.52. The van der Waals surface area contributed by atoms with Crippen LogP contribution in [0.15, 0.2) is 23.4 Å². The van der Waals surface area contributed by atoms with Gasteiger partial charge in [-0.3, -0.25) is 0 Å². The Morgan fingerprint density at radius 2 is 2.24 bits per heavy atom. The number of aromatic nitrogens is 2. The van der Waals surface area contributed by atoms with Gasteiger partial charge in [0.05, 0.1) is 11.0 Å². The van der Waals surface area contributed by atoms with E-state index in [4.69, 9.17) is 5.73 Å². The molecule has 0 spiro atoms. The molecular weight excluding hydrogens is 230 g/mol. The lowest BCUT2D eigenvalue weighted by Crippen LogP contribution is -1.89. The van der Waals surface area contributed by atoms with Gasteiger partial charge < -0.3 is 10.7 Å². The second-order valence-corrected chi connectivity index (χ2v) is 5.79. The number of rotatable bonds is 5. The number of aromatic amines is 1. The van der Waals surface area contributed by atoms with Gasteiger partial charge in [-0.1, -0.05) is 32.0 Å². The number of nitrogen functional groups attached to an aromatic ring is 1. The summed E-state index contributed by atoms with van der Waals surface area (Å²) in [4.78, 5) is 7.82. The molecule has 0 saturated carbocycles. The fraction of sp³-hybridized carbons (Fsp3) is 0.462. The zero-order valence-corrected chi connectivity index (χ0v) is 11.2. The number of hydrogen-bond acceptors (Lipinski definition) is 3. The van der Waals surface area contributed by atoms with Gasteiger partial charge in [0, 0.05) is 11.4 Å². The molecule has 1 heterocycles. The van der Waals surface area contributed by atoms with E-state index in [0.717, 1.165) is 33.5 Å². The molecule has 0 atom stereocenters. The first-order chi connectivity index (χ1) is 8.15. The normalized spacial score (nSPS) is 11.5. The zero-order chi connectivity index (χ0) is 12.3. The standard InChI is InChI=1S/C13H19N3S/c1-9(2)4-3-7-17-13-15-11-6-5-10(14)8-12(11)16-13/h5-6,8-9H,3-4,7,14H2,1-2H3,(H,15,16). The molecule has 1 aromatic heterocycles. The SMILES string of the molecule is CC(C)CCCSc1nc2ccc(N)cc2[nH]1. The number of nitrogens with one attached hydrogen (secondary N) is 1. The quantitative estimate of drug-likeness (QED) is 0.483. The minimum atomic E-state index is 0.775. The number of nitrogens with zero attached hydrogens (tertiary/aromatic N) is 1. The van der Waals surface area contributed by atoms with E-state index in [-0.39, 0.29) is 0 Å². The molecule has 0 saturated heterocycles. The fourth-order valence-electron chi connectivity index (χ4n) is 1.73. The number of imidazole rings is 1. The maximum absolute atomic E-state index is 5.73. The second kappa shape index (κ2) is 5.45. The second-order valence-electron chi connectivity index (χ2n) is 4.70. The highest BCUT2D eigenvalue weighted by atomic mass is 32.2. The van der Waals surface area contributed by atoms with Crippen LogP contribution in [-0.4, -0.2) is 15.7 Å². The molecule has 0 bridgehead atoms. The summed E-state index contributed by atoms with van der Waals surface area (Å²) in [5.41, 5.74) is 8.52. The van der Waals surface area contributed by atoms with Crippen LogP contribution in [0.2, 0.25) is 0 Å². The first-order valence-electron chi connectivity index (χ1n) is 6.03. The predicted molar refractivity (Wildman–Crippen MR) is 75.3 cm³/mol. The van der Waals surface area contributed by atoms with Gasteiger partial charge in [0.2, 0.25) is 0 Å². The van der Waals surface area contributed by atoms with E-state index in [2.05, 4.69) is 23.8 Å². The van der Waals surface area contributed by atoms with Gasteiger partial charge in [-0.2, -0.15) is 0 Å². The topological polar surface area (TPSA) is 54.7 Å². The number of nitrogens with two attached hydrogens (primary N) is 1. The van der Waals surface area contributed by atoms with E-state index in [0.29, 0.717) is 0 Å². The van der Waals surface area contributed by atoms with E-state index in [1.807, 2.05) is 18.2 Å². The summed E-state index contributed by atoms with van der Waals surface area (Å²) >= 11 is 1.79. The summed E-state index contributed by atoms with van der Waals surface area (Å²) < 4.78 is 0. The van der Waals surface area contributed by atoms with Crippen molar-refractivity contribution < 1.29 is 0 Å². The highest BCUT2D eigenvalue weighted by Gasteiger charge is 2.03. The Morgan fingerprint density at radius 3 is 3.00 bits per heavy atom. The lowest BCUT2D eigenvalue weighted by molar-refractivity contribution is 0.579. The van der Waals surface area contributed by atoms with Gasteiger partial charge in [-0.05, 0) is 30.5 Å². The van der Waals surface area contributed by atoms with Crippen molar-refractivity contribution in [2.75, 3.05) is 11.5 Å². The van der Waals surface area contributed by atoms with E-state index < -0.39 is 0 Å². The highest BCUT2D eigenvalue weighted by Crippen LogP contribution is 2.22. The smallest absolute Gasteiger partial charge is 0.166 e. The van der Waals surface area contributed by atoms with Crippen LogP contribution in [0.5, 0.6) is 0 Å². The summed E-state index contributed by atoms with van der Waals surface area (Å²) in [6.45, 7) is 4.52. The highest BCUT2D eigenvalue weighted by molar-refractivity contribution is 7.99. The van der Waals surface area contributed by atoms with Gasteiger partial charge in [-0.25, -0.2) is 4.98 Å². The third-order valence-corrected chi connectivity index (χ3v) is 3.61. The van der Waals surface area contributed by atoms with E-state index >= 15 is 0 Å². The summed E-state index contributed by atoms with van der Waals surface area (Å²) in [5, 5.41) is 0.995. The molecule has 2 rings (SSSR count). The average Bonchev–Trinajstić information content (AvgIpc) is 2.66. The van der Waals surface area contributed by atoms with Crippen molar-refractivity contribution in [2.24, 2.45) is 5.92 Å². The zero-order valence-electron chi connectivity index (χ0n) is 10.4. The maximum Gasteiger partial charge on any atom is 0.166 e. The number of thioether (sulfide) groups is 1. The van der Waals surface area contributed by atoms with Crippen LogP contribution in [0.25, 0.3) is 11.0 Å². The lowest BCUT2D eigenvalue weighted by Gasteiger charge is -2.02. The van der Waals surface area contributed by atoms with Gasteiger partial charge in [0.1, 0.15) is 0 Å². The van der Waals surface area contributed by atoms with Crippen molar-refractivity contribution in [1.82, 2.24) is 9.97 Å². The molecule has 0 amide bonds. The van der Waals surface area contributed by atoms with Crippen LogP contribution in [0, 0.1) is 5.92 Å². The van der Waals surface area contributed by atoms with Crippen molar-refractivity contribution in [2.45, 2.75) is 31.8 Å². The molecule has 3 N–H and O–H groups in total. The Labute approximate surface area is 106 Å². The molecule has 0 radical (unpaired) electrons. The maximum atomic E-state index is 5.73. The van der Waals surface area contributed by atoms with Gasteiger partial charge in [0.15, 0.2) is 5.16 Å². The molecule has 0 aliphatic heterocycles. The average molecular weight is 249 g/mol. The van der Waals surface area contributed by atoms with Crippen LogP contribution in [0.4, 0.5) is 5.69 Å². The third kappa shape index (κ3) is 3.40. The molecule has 17 heavy (non-hydrogen) atoms. The lowest BCUT2D eigenvalue weighted by atomic mass is 10.1. The minimum Gasteiger partial charge on any atom is -0.399 e. The Hall–Kier alpha value is -1.16. The van der Waals surface area contributed by atoms with Crippen molar-refractivity contribution in [3.05, 3.63) is 18.2 Å². The fourth-order valence-corrected chi connectivity index (χ4v) is 2.58. The molecule has 3 nitrogen and oxygen atoms in total. The number of benzene rings is 1. The van der Waals surface area contributed by atoms with Crippen LogP contribution < -0.4 is 5.73 Å². The number of H-pyrrole nitrogens is 1. The van der Waals surface area contributed by atoms with E-state index in [1.165, 1.54) is 12.8 Å². The third-order valence-electron chi connectivity index (χ3n) is 2.65. The largest absolute Gasteiger partial charge is 0.399 e. The molecule has 0 unspecified atom stereocenters. The molecule has 92 valence electrons. The molecule has 0 aliphatic carbocycles. The van der Waals surface area contributed by atoms with Crippen LogP contribution in [0.1, 0.15) is 26.7 Å². The molecule has 0 aliphatic rings. The summed E-state index contributed by atoms with van der Waals surface area (Å²) in [7, 11) is 0. The molecule has 4 heteroatoms. The Balaban J connectivity index is 1.95. The van der Waals surface area contributed by atoms with Crippen LogP contribution in [-0.2, 0) is 0 Å². The monoisotopic (exact) mass is 249 g/mol. The van der Waals surface area contributed by atoms with Gasteiger partial charge in [-0.15, -0.1) is 0 Å². The first-order valence-corrected chi connectivity index (χ1v) is 7.02. The number of hydrogen-bond donors (Lipinski definition) is 2. The molecular formula is C13H19N3S. The van der Waals surface area contributed by atoms with Gasteiger partial charge in [0.25, 0.3) is 0 Å². The number of anilines is 1. The van der Waals surface area contributed by atoms with Crippen LogP contribution in [0.3, 0.4) is 0 Å². The van der Waals surface area contributed by atoms with Crippen molar-refractivity contribution in [3.8, 4) is 0 Å². The molecule has 1 aromatic carbocycles. The predicted octanol–water partition coefficient (Wildman–Crippen LogP) is 3.67.